The molecule has 444 valence electrons. The number of hydrogen-bond donors (Lipinski definition) is 7. The number of unbranched alkanes of at least 4 members (excludes halogenated alkanes) is 20. The predicted molar refractivity (Wildman–Crippen MR) is 307 cm³/mol. The highest BCUT2D eigenvalue weighted by molar-refractivity contribution is 5.69. The van der Waals surface area contributed by atoms with Crippen molar-refractivity contribution >= 4 is 5.97 Å². The lowest BCUT2D eigenvalue weighted by Crippen LogP contribution is -2.61. The molecule has 77 heavy (non-hydrogen) atoms. The summed E-state index contributed by atoms with van der Waals surface area (Å²) in [6.07, 6.45) is 48.0. The second-order valence-electron chi connectivity index (χ2n) is 20.8. The highest BCUT2D eigenvalue weighted by Crippen LogP contribution is 2.26. The molecule has 2 aliphatic rings. The van der Waals surface area contributed by atoms with Crippen LogP contribution in [-0.4, -0.2) is 142 Å². The van der Waals surface area contributed by atoms with Crippen molar-refractivity contribution in [1.29, 1.82) is 0 Å². The summed E-state index contributed by atoms with van der Waals surface area (Å²) in [6.45, 7) is 3.49. The third kappa shape index (κ3) is 35.5. The van der Waals surface area contributed by atoms with Crippen LogP contribution in [0.2, 0.25) is 0 Å². The Morgan fingerprint density at radius 3 is 1.32 bits per heavy atom. The highest BCUT2D eigenvalue weighted by Gasteiger charge is 2.47. The van der Waals surface area contributed by atoms with Crippen LogP contribution in [0.25, 0.3) is 0 Å². The number of aliphatic hydroxyl groups excluding tert-OH is 7. The van der Waals surface area contributed by atoms with E-state index in [9.17, 15) is 40.5 Å². The fraction of sp³-hybridized carbons (Fsp3) is 0.762. The Hall–Kier alpha value is -2.83. The normalized spacial score (nSPS) is 24.9. The maximum atomic E-state index is 13.0. The van der Waals surface area contributed by atoms with Gasteiger partial charge in [-0.15, -0.1) is 0 Å². The van der Waals surface area contributed by atoms with E-state index in [1.54, 1.807) is 0 Å². The lowest BCUT2D eigenvalue weighted by Gasteiger charge is -2.42. The quantitative estimate of drug-likeness (QED) is 0.0172. The number of esters is 1. The van der Waals surface area contributed by atoms with Crippen LogP contribution in [0.4, 0.5) is 0 Å². The second kappa shape index (κ2) is 49.0. The Labute approximate surface area is 465 Å². The molecule has 0 radical (unpaired) electrons. The van der Waals surface area contributed by atoms with Gasteiger partial charge in [-0.25, -0.2) is 0 Å². The van der Waals surface area contributed by atoms with E-state index in [0.717, 1.165) is 57.8 Å². The number of aliphatic hydroxyl groups is 7. The van der Waals surface area contributed by atoms with Crippen LogP contribution in [0, 0.1) is 0 Å². The summed E-state index contributed by atoms with van der Waals surface area (Å²) >= 11 is 0. The first kappa shape index (κ1) is 70.3. The Balaban J connectivity index is 1.70. The number of ether oxygens (including phenoxy) is 6. The minimum Gasteiger partial charge on any atom is -0.457 e. The topological polar surface area (TPSA) is 214 Å². The summed E-state index contributed by atoms with van der Waals surface area (Å²) < 4.78 is 34.3. The van der Waals surface area contributed by atoms with E-state index in [-0.39, 0.29) is 19.6 Å². The van der Waals surface area contributed by atoms with Gasteiger partial charge in [-0.05, 0) is 83.5 Å². The van der Waals surface area contributed by atoms with Gasteiger partial charge in [0.15, 0.2) is 12.6 Å². The average Bonchev–Trinajstić information content (AvgIpc) is 3.43. The van der Waals surface area contributed by atoms with E-state index >= 15 is 0 Å². The largest absolute Gasteiger partial charge is 0.457 e. The molecule has 0 aromatic carbocycles. The SMILES string of the molecule is CC/C=C\C/C=C\C/C=C\C/C=C\C/C=C\CCCC(=O)OC(COCCCCCCCCCCCCCCCC/C=C\C/C=C\CCCCCCC)COC1OC(COC2OC(CO)C(O)C(O)C2O)C(O)C(O)C1O. The molecule has 0 aromatic heterocycles. The third-order valence-corrected chi connectivity index (χ3v) is 13.9. The lowest BCUT2D eigenvalue weighted by atomic mass is 9.98. The van der Waals surface area contributed by atoms with Crippen molar-refractivity contribution in [2.45, 2.75) is 274 Å². The van der Waals surface area contributed by atoms with Gasteiger partial charge in [-0.3, -0.25) is 4.79 Å². The molecular weight excluding hydrogens is 981 g/mol. The van der Waals surface area contributed by atoms with Gasteiger partial charge in [0, 0.05) is 13.0 Å². The van der Waals surface area contributed by atoms with E-state index in [2.05, 4.69) is 98.9 Å². The summed E-state index contributed by atoms with van der Waals surface area (Å²) in [5.41, 5.74) is 0. The molecule has 14 heteroatoms. The molecule has 0 bridgehead atoms. The Kier molecular flexibility index (Phi) is 44.7. The van der Waals surface area contributed by atoms with Gasteiger partial charge >= 0.3 is 5.97 Å². The Morgan fingerprint density at radius 2 is 0.844 bits per heavy atom. The van der Waals surface area contributed by atoms with Crippen LogP contribution in [0.15, 0.2) is 85.1 Å². The number of allylic oxidation sites excluding steroid dienone is 14. The Morgan fingerprint density at radius 1 is 0.442 bits per heavy atom. The molecule has 11 unspecified atom stereocenters. The van der Waals surface area contributed by atoms with Crippen molar-refractivity contribution in [3.63, 3.8) is 0 Å². The van der Waals surface area contributed by atoms with Gasteiger partial charge in [-0.2, -0.15) is 0 Å². The number of rotatable bonds is 48. The average molecular weight is 1090 g/mol. The fourth-order valence-corrected chi connectivity index (χ4v) is 9.06. The van der Waals surface area contributed by atoms with E-state index < -0.39 is 86.7 Å². The molecule has 14 nitrogen and oxygen atoms in total. The molecule has 2 fully saturated rings. The summed E-state index contributed by atoms with van der Waals surface area (Å²) in [6, 6.07) is 0. The summed E-state index contributed by atoms with van der Waals surface area (Å²) in [5, 5.41) is 72.4. The maximum Gasteiger partial charge on any atom is 0.306 e. The fourth-order valence-electron chi connectivity index (χ4n) is 9.06. The lowest BCUT2D eigenvalue weighted by molar-refractivity contribution is -0.332. The number of carbonyl (C=O) groups is 1. The van der Waals surface area contributed by atoms with Gasteiger partial charge in [0.2, 0.25) is 0 Å². The van der Waals surface area contributed by atoms with Crippen LogP contribution in [0.5, 0.6) is 0 Å². The minimum absolute atomic E-state index is 0.0347. The van der Waals surface area contributed by atoms with Crippen molar-refractivity contribution in [1.82, 2.24) is 0 Å². The molecule has 2 aliphatic heterocycles. The van der Waals surface area contributed by atoms with Crippen LogP contribution < -0.4 is 0 Å². The molecular formula is C63H108O14. The molecule has 2 saturated heterocycles. The van der Waals surface area contributed by atoms with Gasteiger partial charge in [0.1, 0.15) is 54.9 Å². The minimum atomic E-state index is -1.72. The monoisotopic (exact) mass is 1090 g/mol. The van der Waals surface area contributed by atoms with E-state index in [4.69, 9.17) is 28.4 Å². The predicted octanol–water partition coefficient (Wildman–Crippen LogP) is 11.2. The van der Waals surface area contributed by atoms with Crippen LogP contribution in [0.1, 0.15) is 206 Å². The van der Waals surface area contributed by atoms with Crippen molar-refractivity contribution in [2.24, 2.45) is 0 Å². The summed E-state index contributed by atoms with van der Waals surface area (Å²) in [4.78, 5) is 13.0. The second-order valence-corrected chi connectivity index (χ2v) is 20.8. The van der Waals surface area contributed by atoms with Gasteiger partial charge in [0.25, 0.3) is 0 Å². The van der Waals surface area contributed by atoms with Crippen LogP contribution in [-0.2, 0) is 33.2 Å². The van der Waals surface area contributed by atoms with Gasteiger partial charge in [0.05, 0.1) is 26.4 Å². The Bertz CT molecular complexity index is 1590. The maximum absolute atomic E-state index is 13.0. The molecule has 0 aliphatic carbocycles. The highest BCUT2D eigenvalue weighted by atomic mass is 16.7. The number of carbonyl (C=O) groups excluding carboxylic acids is 1. The first-order valence-electron chi connectivity index (χ1n) is 30.2. The van der Waals surface area contributed by atoms with Crippen molar-refractivity contribution < 1.29 is 69.0 Å². The molecule has 7 N–H and O–H groups in total. The van der Waals surface area contributed by atoms with Crippen molar-refractivity contribution in [3.05, 3.63) is 85.1 Å². The smallest absolute Gasteiger partial charge is 0.306 e. The molecule has 2 rings (SSSR count). The summed E-state index contributed by atoms with van der Waals surface area (Å²) in [5.74, 6) is -0.433. The van der Waals surface area contributed by atoms with Gasteiger partial charge < -0.3 is 64.2 Å². The van der Waals surface area contributed by atoms with E-state index in [0.29, 0.717) is 19.4 Å². The van der Waals surface area contributed by atoms with Crippen molar-refractivity contribution in [3.8, 4) is 0 Å². The molecule has 2 heterocycles. The van der Waals surface area contributed by atoms with E-state index in [1.807, 2.05) is 0 Å². The zero-order valence-corrected chi connectivity index (χ0v) is 47.7. The molecule has 11 atom stereocenters. The molecule has 0 spiro atoms. The van der Waals surface area contributed by atoms with Gasteiger partial charge in [-0.1, -0.05) is 202 Å². The standard InChI is InChI=1S/C63H108O14/c1-3-5-7-9-11-13-15-17-19-21-22-23-24-25-26-27-28-29-31-33-35-37-39-41-43-45-47-72-49-52(75-55(65)46-44-42-40-38-36-34-32-30-20-18-16-14-12-10-8-6-4-2)50-73-62-61(71)59(69)57(67)54(77-62)51-74-63-60(70)58(68)56(66)53(48-64)76-63/h6,8,12,14-15,17-18,20-22,32,34,38,40,52-54,56-64,66-71H,3-5,7,9-11,13,16,19,23-31,33,35-37,39,41-51H2,1-2H3/b8-6-,14-12-,17-15-,20-18-,22-21-,34-32-,40-38-. The van der Waals surface area contributed by atoms with Crippen LogP contribution in [0.3, 0.4) is 0 Å². The van der Waals surface area contributed by atoms with Crippen molar-refractivity contribution in [2.75, 3.05) is 33.0 Å². The zero-order chi connectivity index (χ0) is 55.8. The molecule has 0 saturated carbocycles. The third-order valence-electron chi connectivity index (χ3n) is 13.9. The molecule has 0 amide bonds. The zero-order valence-electron chi connectivity index (χ0n) is 47.7. The number of hydrogen-bond acceptors (Lipinski definition) is 14. The first-order chi connectivity index (χ1) is 37.6. The summed E-state index contributed by atoms with van der Waals surface area (Å²) in [7, 11) is 0. The van der Waals surface area contributed by atoms with E-state index in [1.165, 1.54) is 116 Å². The molecule has 0 aromatic rings. The first-order valence-corrected chi connectivity index (χ1v) is 30.2. The van der Waals surface area contributed by atoms with Crippen LogP contribution >= 0.6 is 0 Å².